The average Bonchev–Trinajstić information content (AvgIpc) is 3.40. The van der Waals surface area contributed by atoms with Gasteiger partial charge in [-0.1, -0.05) is 35.3 Å². The van der Waals surface area contributed by atoms with Crippen LogP contribution in [0.4, 0.5) is 4.79 Å². The molecule has 0 atom stereocenters. The van der Waals surface area contributed by atoms with Gasteiger partial charge in [0.15, 0.2) is 0 Å². The number of allylic oxidation sites excluding steroid dienone is 1. The van der Waals surface area contributed by atoms with Crippen LogP contribution in [-0.2, 0) is 6.54 Å². The summed E-state index contributed by atoms with van der Waals surface area (Å²) in [5.74, 6) is 0.635. The number of carbonyl (C=O) groups is 2. The summed E-state index contributed by atoms with van der Waals surface area (Å²) in [5, 5.41) is 3.96. The monoisotopic (exact) mass is 500 g/mol. The fourth-order valence-corrected chi connectivity index (χ4v) is 5.46. The van der Waals surface area contributed by atoms with Gasteiger partial charge in [0.1, 0.15) is 11.5 Å². The van der Waals surface area contributed by atoms with Crippen LogP contribution < -0.4 is 11.1 Å². The summed E-state index contributed by atoms with van der Waals surface area (Å²) < 4.78 is 1.91. The number of rotatable bonds is 4. The molecule has 34 heavy (non-hydrogen) atoms. The van der Waals surface area contributed by atoms with E-state index in [1.165, 1.54) is 0 Å². The Morgan fingerprint density at radius 3 is 2.68 bits per heavy atom. The van der Waals surface area contributed by atoms with E-state index in [-0.39, 0.29) is 18.0 Å². The highest BCUT2D eigenvalue weighted by atomic mass is 35.5. The molecule has 3 amide bonds. The highest BCUT2D eigenvalue weighted by Crippen LogP contribution is 2.34. The molecule has 10 heteroatoms. The Morgan fingerprint density at radius 1 is 1.21 bits per heavy atom. The molecule has 2 fully saturated rings. The molecule has 1 aromatic heterocycles. The SMILES string of the molecule is NCC1=Cc2ncc(C(=O)N3CCC(N4CCNC4=O)CC3)n2CC=C1c1ccc(Cl)cc1Cl. The maximum atomic E-state index is 13.4. The number of nitrogens with two attached hydrogens (primary N) is 1. The maximum absolute atomic E-state index is 13.4. The highest BCUT2D eigenvalue weighted by molar-refractivity contribution is 6.36. The van der Waals surface area contributed by atoms with Crippen LogP contribution in [0.1, 0.15) is 34.7 Å². The molecular weight excluding hydrogens is 475 g/mol. The topological polar surface area (TPSA) is 96.5 Å². The molecule has 2 aromatic rings. The summed E-state index contributed by atoms with van der Waals surface area (Å²) >= 11 is 12.5. The minimum absolute atomic E-state index is 0.00300. The van der Waals surface area contributed by atoms with Gasteiger partial charge in [-0.15, -0.1) is 0 Å². The van der Waals surface area contributed by atoms with Crippen molar-refractivity contribution < 1.29 is 9.59 Å². The number of fused-ring (bicyclic) bond motifs is 1. The first kappa shape index (κ1) is 23.0. The third kappa shape index (κ3) is 4.21. The van der Waals surface area contributed by atoms with Crippen molar-refractivity contribution in [2.45, 2.75) is 25.4 Å². The van der Waals surface area contributed by atoms with Crippen LogP contribution in [0.2, 0.25) is 10.0 Å². The van der Waals surface area contributed by atoms with Gasteiger partial charge in [0.2, 0.25) is 0 Å². The molecule has 0 radical (unpaired) electrons. The van der Waals surface area contributed by atoms with Gasteiger partial charge in [-0.2, -0.15) is 0 Å². The lowest BCUT2D eigenvalue weighted by Gasteiger charge is -2.36. The van der Waals surface area contributed by atoms with Crippen LogP contribution in [0.3, 0.4) is 0 Å². The van der Waals surface area contributed by atoms with E-state index in [9.17, 15) is 9.59 Å². The maximum Gasteiger partial charge on any atom is 0.317 e. The zero-order chi connectivity index (χ0) is 23.8. The molecule has 5 rings (SSSR count). The van der Waals surface area contributed by atoms with E-state index < -0.39 is 0 Å². The zero-order valence-electron chi connectivity index (χ0n) is 18.6. The van der Waals surface area contributed by atoms with E-state index >= 15 is 0 Å². The van der Waals surface area contributed by atoms with E-state index in [0.717, 1.165) is 36.1 Å². The van der Waals surface area contributed by atoms with E-state index in [2.05, 4.69) is 10.3 Å². The van der Waals surface area contributed by atoms with Gasteiger partial charge in [0.05, 0.1) is 6.20 Å². The predicted molar refractivity (Wildman–Crippen MR) is 133 cm³/mol. The quantitative estimate of drug-likeness (QED) is 0.673. The van der Waals surface area contributed by atoms with Gasteiger partial charge in [0, 0.05) is 60.9 Å². The van der Waals surface area contributed by atoms with Gasteiger partial charge in [-0.05, 0) is 42.2 Å². The number of piperidine rings is 1. The molecule has 2 saturated heterocycles. The molecule has 3 N–H and O–H groups in total. The van der Waals surface area contributed by atoms with Gasteiger partial charge in [-0.25, -0.2) is 9.78 Å². The number of likely N-dealkylation sites (tertiary alicyclic amines) is 1. The Balaban J connectivity index is 1.36. The molecule has 0 spiro atoms. The fourth-order valence-electron chi connectivity index (χ4n) is 4.95. The lowest BCUT2D eigenvalue weighted by molar-refractivity contribution is 0.0656. The molecule has 4 heterocycles. The van der Waals surface area contributed by atoms with Crippen LogP contribution in [0.15, 0.2) is 36.0 Å². The molecule has 8 nitrogen and oxygen atoms in total. The second-order valence-corrected chi connectivity index (χ2v) is 9.52. The van der Waals surface area contributed by atoms with E-state index in [4.69, 9.17) is 28.9 Å². The van der Waals surface area contributed by atoms with Crippen LogP contribution in [-0.4, -0.2) is 70.1 Å². The molecule has 178 valence electrons. The molecule has 0 unspecified atom stereocenters. The number of nitrogens with one attached hydrogen (secondary N) is 1. The number of carbonyl (C=O) groups excluding carboxylic acids is 2. The van der Waals surface area contributed by atoms with Crippen molar-refractivity contribution in [3.63, 3.8) is 0 Å². The number of hydrogen-bond donors (Lipinski definition) is 2. The molecular formula is C24H26Cl2N6O2. The fraction of sp³-hybridized carbons (Fsp3) is 0.375. The van der Waals surface area contributed by atoms with Crippen molar-refractivity contribution in [2.24, 2.45) is 5.73 Å². The summed E-state index contributed by atoms with van der Waals surface area (Å²) in [6.07, 6.45) is 7.13. The van der Waals surface area contributed by atoms with Crippen LogP contribution >= 0.6 is 23.2 Å². The number of urea groups is 1. The van der Waals surface area contributed by atoms with Crippen molar-refractivity contribution in [1.29, 1.82) is 0 Å². The standard InChI is InChI=1S/C24H26Cl2N6O2/c25-16-1-2-19(20(26)12-16)18-5-9-32-21(14-29-22(32)11-15(18)13-27)23(33)30-7-3-17(4-8-30)31-10-6-28-24(31)34/h1-2,5,11-12,14,17H,3-4,6-10,13,27H2,(H,28,34). The van der Waals surface area contributed by atoms with Gasteiger partial charge in [-0.3, -0.25) is 4.79 Å². The molecule has 1 aromatic carbocycles. The predicted octanol–water partition coefficient (Wildman–Crippen LogP) is 3.26. The molecule has 0 aliphatic carbocycles. The molecule has 3 aliphatic rings. The molecule has 3 aliphatic heterocycles. The van der Waals surface area contributed by atoms with Gasteiger partial charge < -0.3 is 25.4 Å². The zero-order valence-corrected chi connectivity index (χ0v) is 20.1. The van der Waals surface area contributed by atoms with Gasteiger partial charge in [0.25, 0.3) is 5.91 Å². The van der Waals surface area contributed by atoms with Crippen LogP contribution in [0.25, 0.3) is 11.6 Å². The third-order valence-corrected chi connectivity index (χ3v) is 7.30. The average molecular weight is 501 g/mol. The second-order valence-electron chi connectivity index (χ2n) is 8.68. The summed E-state index contributed by atoms with van der Waals surface area (Å²) in [5.41, 5.74) is 9.26. The summed E-state index contributed by atoms with van der Waals surface area (Å²) in [4.78, 5) is 33.6. The Labute approximate surface area is 208 Å². The second kappa shape index (κ2) is 9.44. The van der Waals surface area contributed by atoms with Crippen LogP contribution in [0, 0.1) is 0 Å². The Morgan fingerprint density at radius 2 is 2.00 bits per heavy atom. The summed E-state index contributed by atoms with van der Waals surface area (Å²) in [7, 11) is 0. The summed E-state index contributed by atoms with van der Waals surface area (Å²) in [6, 6.07) is 5.56. The third-order valence-electron chi connectivity index (χ3n) is 6.76. The smallest absolute Gasteiger partial charge is 0.317 e. The van der Waals surface area contributed by atoms with Crippen molar-refractivity contribution in [3.05, 3.63) is 63.2 Å². The van der Waals surface area contributed by atoms with Crippen molar-refractivity contribution in [3.8, 4) is 0 Å². The summed E-state index contributed by atoms with van der Waals surface area (Å²) in [6.45, 7) is 3.41. The largest absolute Gasteiger partial charge is 0.337 e. The lowest BCUT2D eigenvalue weighted by Crippen LogP contribution is -2.48. The number of hydrogen-bond acceptors (Lipinski definition) is 4. The van der Waals surface area contributed by atoms with E-state index in [1.807, 2.05) is 32.6 Å². The van der Waals surface area contributed by atoms with Crippen molar-refractivity contribution in [2.75, 3.05) is 32.7 Å². The highest BCUT2D eigenvalue weighted by Gasteiger charge is 2.33. The Kier molecular flexibility index (Phi) is 6.38. The first-order chi connectivity index (χ1) is 16.5. The van der Waals surface area contributed by atoms with Crippen molar-refractivity contribution >= 4 is 46.8 Å². The van der Waals surface area contributed by atoms with Crippen molar-refractivity contribution in [1.82, 2.24) is 24.7 Å². The first-order valence-corrected chi connectivity index (χ1v) is 12.2. The van der Waals surface area contributed by atoms with E-state index in [1.54, 1.807) is 18.3 Å². The number of halogens is 2. The normalized spacial score (nSPS) is 18.9. The lowest BCUT2D eigenvalue weighted by atomic mass is 9.97. The molecule has 0 saturated carbocycles. The molecule has 0 bridgehead atoms. The minimum atomic E-state index is -0.0489. The minimum Gasteiger partial charge on any atom is -0.337 e. The Bertz CT molecular complexity index is 1200. The van der Waals surface area contributed by atoms with Gasteiger partial charge >= 0.3 is 6.03 Å². The van der Waals surface area contributed by atoms with Crippen LogP contribution in [0.5, 0.6) is 0 Å². The number of amides is 3. The first-order valence-electron chi connectivity index (χ1n) is 11.4. The number of benzene rings is 1. The number of aromatic nitrogens is 2. The van der Waals surface area contributed by atoms with E-state index in [0.29, 0.717) is 54.3 Å². The number of nitrogens with zero attached hydrogens (tertiary/aromatic N) is 4. The number of imidazole rings is 1. The Hall–Kier alpha value is -2.81.